The monoisotopic (exact) mass is 188 g/mol. The molecule has 0 aromatic heterocycles. The van der Waals surface area contributed by atoms with Crippen LogP contribution in [0, 0.1) is 0 Å². The summed E-state index contributed by atoms with van der Waals surface area (Å²) >= 11 is 0. The maximum Gasteiger partial charge on any atom is 0.234 e. The Morgan fingerprint density at radius 2 is 2.15 bits per heavy atom. The number of carbonyl (C=O) groups is 1. The Balaban J connectivity index is 3.11. The molecule has 0 atom stereocenters. The lowest BCUT2D eigenvalue weighted by Gasteiger charge is -2.05. The van der Waals surface area contributed by atoms with E-state index in [0.29, 0.717) is 19.7 Å². The molecule has 0 saturated carbocycles. The van der Waals surface area contributed by atoms with Crippen molar-refractivity contribution in [3.63, 3.8) is 0 Å². The van der Waals surface area contributed by atoms with E-state index in [4.69, 9.17) is 4.74 Å². The van der Waals surface area contributed by atoms with Gasteiger partial charge < -0.3 is 15.4 Å². The zero-order chi connectivity index (χ0) is 9.94. The molecule has 0 aliphatic heterocycles. The van der Waals surface area contributed by atoms with Crippen LogP contribution in [0.3, 0.4) is 0 Å². The maximum atomic E-state index is 11.1. The summed E-state index contributed by atoms with van der Waals surface area (Å²) in [6, 6.07) is 0. The van der Waals surface area contributed by atoms with Gasteiger partial charge in [-0.1, -0.05) is 13.3 Å². The third-order valence-corrected chi connectivity index (χ3v) is 1.62. The van der Waals surface area contributed by atoms with Crippen LogP contribution in [-0.2, 0) is 9.53 Å². The van der Waals surface area contributed by atoms with Crippen LogP contribution in [0.4, 0.5) is 0 Å². The Morgan fingerprint density at radius 1 is 1.38 bits per heavy atom. The average Bonchev–Trinajstić information content (AvgIpc) is 2.13. The third kappa shape index (κ3) is 9.30. The largest absolute Gasteiger partial charge is 0.383 e. The summed E-state index contributed by atoms with van der Waals surface area (Å²) in [6.07, 6.45) is 2.27. The minimum Gasteiger partial charge on any atom is -0.383 e. The summed E-state index contributed by atoms with van der Waals surface area (Å²) in [7, 11) is 1.62. The normalized spacial score (nSPS) is 10.0. The number of amides is 1. The molecule has 78 valence electrons. The van der Waals surface area contributed by atoms with Gasteiger partial charge in [-0.2, -0.15) is 0 Å². The van der Waals surface area contributed by atoms with Gasteiger partial charge in [-0.05, 0) is 13.0 Å². The van der Waals surface area contributed by atoms with Crippen LogP contribution in [0.15, 0.2) is 0 Å². The van der Waals surface area contributed by atoms with Crippen LogP contribution >= 0.6 is 0 Å². The third-order valence-electron chi connectivity index (χ3n) is 1.62. The van der Waals surface area contributed by atoms with E-state index in [1.54, 1.807) is 7.11 Å². The van der Waals surface area contributed by atoms with Gasteiger partial charge in [-0.25, -0.2) is 0 Å². The van der Waals surface area contributed by atoms with E-state index in [9.17, 15) is 4.79 Å². The first kappa shape index (κ1) is 12.4. The quantitative estimate of drug-likeness (QED) is 0.533. The van der Waals surface area contributed by atoms with Crippen LogP contribution in [0.2, 0.25) is 0 Å². The molecule has 0 unspecified atom stereocenters. The molecule has 0 fully saturated rings. The topological polar surface area (TPSA) is 50.4 Å². The summed E-state index contributed by atoms with van der Waals surface area (Å²) < 4.78 is 4.80. The summed E-state index contributed by atoms with van der Waals surface area (Å²) in [5.41, 5.74) is 0. The zero-order valence-electron chi connectivity index (χ0n) is 8.56. The summed E-state index contributed by atoms with van der Waals surface area (Å²) in [5.74, 6) is 0.0353. The fourth-order valence-corrected chi connectivity index (χ4v) is 0.859. The van der Waals surface area contributed by atoms with Gasteiger partial charge in [0.05, 0.1) is 13.2 Å². The second kappa shape index (κ2) is 9.48. The van der Waals surface area contributed by atoms with E-state index >= 15 is 0 Å². The molecule has 1 amide bonds. The van der Waals surface area contributed by atoms with Gasteiger partial charge in [0.25, 0.3) is 0 Å². The van der Waals surface area contributed by atoms with Crippen molar-refractivity contribution in [2.75, 3.05) is 33.4 Å². The maximum absolute atomic E-state index is 11.1. The number of rotatable bonds is 8. The molecule has 0 aliphatic carbocycles. The Bertz CT molecular complexity index is 129. The number of hydrogen-bond donors (Lipinski definition) is 2. The lowest BCUT2D eigenvalue weighted by Crippen LogP contribution is -2.35. The van der Waals surface area contributed by atoms with Gasteiger partial charge in [0.1, 0.15) is 0 Å². The number of nitrogens with one attached hydrogen (secondary N) is 2. The lowest BCUT2D eigenvalue weighted by atomic mass is 10.3. The number of unbranched alkanes of at least 4 members (excludes halogenated alkanes) is 1. The van der Waals surface area contributed by atoms with Gasteiger partial charge in [0.15, 0.2) is 0 Å². The summed E-state index contributed by atoms with van der Waals surface area (Å²) in [5, 5.41) is 5.79. The van der Waals surface area contributed by atoms with Gasteiger partial charge >= 0.3 is 0 Å². The molecule has 4 nitrogen and oxygen atoms in total. The van der Waals surface area contributed by atoms with E-state index < -0.39 is 0 Å². The number of hydrogen-bond acceptors (Lipinski definition) is 3. The zero-order valence-corrected chi connectivity index (χ0v) is 8.56. The SMILES string of the molecule is CCCCNCC(=O)NCCOC. The highest BCUT2D eigenvalue weighted by Crippen LogP contribution is 1.81. The summed E-state index contributed by atoms with van der Waals surface area (Å²) in [6.45, 7) is 4.60. The average molecular weight is 188 g/mol. The molecule has 0 radical (unpaired) electrons. The van der Waals surface area contributed by atoms with Crippen molar-refractivity contribution in [1.29, 1.82) is 0 Å². The molecule has 0 aromatic rings. The molecule has 2 N–H and O–H groups in total. The molecular weight excluding hydrogens is 168 g/mol. The van der Waals surface area contributed by atoms with E-state index in [2.05, 4.69) is 17.6 Å². The van der Waals surface area contributed by atoms with Crippen molar-refractivity contribution in [2.45, 2.75) is 19.8 Å². The second-order valence-electron chi connectivity index (χ2n) is 2.87. The number of ether oxygens (including phenoxy) is 1. The highest BCUT2D eigenvalue weighted by molar-refractivity contribution is 5.77. The Labute approximate surface area is 80.0 Å². The van der Waals surface area contributed by atoms with E-state index in [0.717, 1.165) is 19.4 Å². The molecule has 0 heterocycles. The van der Waals surface area contributed by atoms with Crippen LogP contribution < -0.4 is 10.6 Å². The van der Waals surface area contributed by atoms with Gasteiger partial charge in [-0.3, -0.25) is 4.79 Å². The standard InChI is InChI=1S/C9H20N2O2/c1-3-4-5-10-8-9(12)11-6-7-13-2/h10H,3-8H2,1-2H3,(H,11,12). The van der Waals surface area contributed by atoms with Crippen molar-refractivity contribution < 1.29 is 9.53 Å². The second-order valence-corrected chi connectivity index (χ2v) is 2.87. The van der Waals surface area contributed by atoms with Gasteiger partial charge in [0, 0.05) is 13.7 Å². The molecule has 0 bridgehead atoms. The van der Waals surface area contributed by atoms with Crippen molar-refractivity contribution >= 4 is 5.91 Å². The fourth-order valence-electron chi connectivity index (χ4n) is 0.859. The molecule has 4 heteroatoms. The predicted molar refractivity (Wildman–Crippen MR) is 52.7 cm³/mol. The molecule has 0 rings (SSSR count). The fraction of sp³-hybridized carbons (Fsp3) is 0.889. The van der Waals surface area contributed by atoms with Crippen LogP contribution in [-0.4, -0.2) is 39.3 Å². The van der Waals surface area contributed by atoms with Crippen LogP contribution in [0.1, 0.15) is 19.8 Å². The Hall–Kier alpha value is -0.610. The number of carbonyl (C=O) groups excluding carboxylic acids is 1. The minimum atomic E-state index is 0.0353. The molecule has 0 aromatic carbocycles. The van der Waals surface area contributed by atoms with Crippen LogP contribution in [0.5, 0.6) is 0 Å². The van der Waals surface area contributed by atoms with Crippen molar-refractivity contribution in [1.82, 2.24) is 10.6 Å². The Morgan fingerprint density at radius 3 is 2.77 bits per heavy atom. The summed E-state index contributed by atoms with van der Waals surface area (Å²) in [4.78, 5) is 11.1. The van der Waals surface area contributed by atoms with Crippen molar-refractivity contribution in [3.05, 3.63) is 0 Å². The lowest BCUT2D eigenvalue weighted by molar-refractivity contribution is -0.120. The smallest absolute Gasteiger partial charge is 0.234 e. The molecule has 0 aliphatic rings. The van der Waals surface area contributed by atoms with E-state index in [1.165, 1.54) is 0 Å². The van der Waals surface area contributed by atoms with E-state index in [-0.39, 0.29) is 5.91 Å². The van der Waals surface area contributed by atoms with Gasteiger partial charge in [0.2, 0.25) is 5.91 Å². The molecular formula is C9H20N2O2. The highest BCUT2D eigenvalue weighted by atomic mass is 16.5. The molecule has 0 saturated heterocycles. The van der Waals surface area contributed by atoms with Crippen molar-refractivity contribution in [2.24, 2.45) is 0 Å². The first-order chi connectivity index (χ1) is 6.31. The molecule has 13 heavy (non-hydrogen) atoms. The van der Waals surface area contributed by atoms with E-state index in [1.807, 2.05) is 0 Å². The highest BCUT2D eigenvalue weighted by Gasteiger charge is 1.97. The number of methoxy groups -OCH3 is 1. The van der Waals surface area contributed by atoms with Crippen molar-refractivity contribution in [3.8, 4) is 0 Å². The van der Waals surface area contributed by atoms with Gasteiger partial charge in [-0.15, -0.1) is 0 Å². The predicted octanol–water partition coefficient (Wildman–Crippen LogP) is 0.139. The first-order valence-electron chi connectivity index (χ1n) is 4.77. The minimum absolute atomic E-state index is 0.0353. The first-order valence-corrected chi connectivity index (χ1v) is 4.77. The van der Waals surface area contributed by atoms with Crippen LogP contribution in [0.25, 0.3) is 0 Å². The Kier molecular flexibility index (Phi) is 9.03. The molecule has 0 spiro atoms.